The molecule has 1 N–H and O–H groups in total. The Labute approximate surface area is 125 Å². The number of rotatable bonds is 5. The molecule has 1 aromatic carbocycles. The number of carbonyl (C=O) groups excluding carboxylic acids is 1. The molecule has 2 aliphatic rings. The Hall–Kier alpha value is -1.71. The van der Waals surface area contributed by atoms with Gasteiger partial charge in [0.05, 0.1) is 7.11 Å². The van der Waals surface area contributed by atoms with Gasteiger partial charge in [0.15, 0.2) is 17.6 Å². The van der Waals surface area contributed by atoms with Gasteiger partial charge >= 0.3 is 0 Å². The summed E-state index contributed by atoms with van der Waals surface area (Å²) in [4.78, 5) is 12.3. The molecule has 21 heavy (non-hydrogen) atoms. The smallest absolute Gasteiger partial charge is 0.261 e. The number of methoxy groups -OCH3 is 1. The third-order valence-electron chi connectivity index (χ3n) is 4.81. The van der Waals surface area contributed by atoms with Crippen LogP contribution in [0.4, 0.5) is 0 Å². The maximum absolute atomic E-state index is 12.3. The van der Waals surface area contributed by atoms with Gasteiger partial charge in [0.25, 0.3) is 5.91 Å². The third kappa shape index (κ3) is 2.99. The molecule has 2 saturated carbocycles. The van der Waals surface area contributed by atoms with Gasteiger partial charge < -0.3 is 14.8 Å². The molecule has 4 atom stereocenters. The number of para-hydroxylation sites is 2. The third-order valence-corrected chi connectivity index (χ3v) is 4.81. The first-order chi connectivity index (χ1) is 10.2. The molecule has 0 unspecified atom stereocenters. The maximum atomic E-state index is 12.3. The monoisotopic (exact) mass is 289 g/mol. The second-order valence-corrected chi connectivity index (χ2v) is 6.20. The second kappa shape index (κ2) is 5.96. The van der Waals surface area contributed by atoms with E-state index < -0.39 is 6.10 Å². The van der Waals surface area contributed by atoms with Gasteiger partial charge in [0.1, 0.15) is 0 Å². The number of benzene rings is 1. The molecule has 2 aliphatic carbocycles. The summed E-state index contributed by atoms with van der Waals surface area (Å²) in [5.74, 6) is 2.73. The minimum Gasteiger partial charge on any atom is -0.493 e. The lowest BCUT2D eigenvalue weighted by Gasteiger charge is -2.25. The Balaban J connectivity index is 1.57. The number of ether oxygens (including phenoxy) is 2. The summed E-state index contributed by atoms with van der Waals surface area (Å²) in [6, 6.07) is 7.75. The first-order valence-corrected chi connectivity index (χ1v) is 7.77. The molecule has 0 radical (unpaired) electrons. The standard InChI is InChI=1S/C17H23NO3/c1-11(21-16-6-4-3-5-15(16)20-2)17(19)18-14-10-12-7-8-13(14)9-12/h3-6,11-14H,7-10H2,1-2H3,(H,18,19)/t11-,12-,13-,14-/m0/s1. The maximum Gasteiger partial charge on any atom is 0.261 e. The van der Waals surface area contributed by atoms with Crippen molar-refractivity contribution in [3.05, 3.63) is 24.3 Å². The van der Waals surface area contributed by atoms with Crippen molar-refractivity contribution in [3.63, 3.8) is 0 Å². The van der Waals surface area contributed by atoms with Crippen LogP contribution in [0.2, 0.25) is 0 Å². The number of amides is 1. The Morgan fingerprint density at radius 1 is 1.24 bits per heavy atom. The van der Waals surface area contributed by atoms with E-state index in [1.165, 1.54) is 19.3 Å². The summed E-state index contributed by atoms with van der Waals surface area (Å²) in [5.41, 5.74) is 0. The van der Waals surface area contributed by atoms with E-state index in [0.29, 0.717) is 23.5 Å². The van der Waals surface area contributed by atoms with E-state index in [9.17, 15) is 4.79 Å². The topological polar surface area (TPSA) is 47.6 Å². The van der Waals surface area contributed by atoms with Crippen LogP contribution < -0.4 is 14.8 Å². The lowest BCUT2D eigenvalue weighted by atomic mass is 9.95. The Morgan fingerprint density at radius 3 is 2.62 bits per heavy atom. The van der Waals surface area contributed by atoms with Gasteiger partial charge in [-0.15, -0.1) is 0 Å². The van der Waals surface area contributed by atoms with E-state index >= 15 is 0 Å². The van der Waals surface area contributed by atoms with Gasteiger partial charge in [-0.25, -0.2) is 0 Å². The lowest BCUT2D eigenvalue weighted by molar-refractivity contribution is -0.128. The van der Waals surface area contributed by atoms with Crippen LogP contribution in [-0.4, -0.2) is 25.2 Å². The lowest BCUT2D eigenvalue weighted by Crippen LogP contribution is -2.44. The summed E-state index contributed by atoms with van der Waals surface area (Å²) >= 11 is 0. The van der Waals surface area contributed by atoms with Crippen LogP contribution in [0.5, 0.6) is 11.5 Å². The van der Waals surface area contributed by atoms with Gasteiger partial charge in [-0.2, -0.15) is 0 Å². The van der Waals surface area contributed by atoms with Crippen molar-refractivity contribution in [1.29, 1.82) is 0 Å². The van der Waals surface area contributed by atoms with E-state index in [1.807, 2.05) is 24.3 Å². The molecule has 1 aromatic rings. The van der Waals surface area contributed by atoms with Gasteiger partial charge in [-0.1, -0.05) is 18.6 Å². The van der Waals surface area contributed by atoms with Crippen molar-refractivity contribution in [1.82, 2.24) is 5.32 Å². The second-order valence-electron chi connectivity index (χ2n) is 6.20. The quantitative estimate of drug-likeness (QED) is 0.906. The Bertz CT molecular complexity index is 517. The molecule has 4 heteroatoms. The molecule has 1 amide bonds. The van der Waals surface area contributed by atoms with Gasteiger partial charge in [-0.3, -0.25) is 4.79 Å². The summed E-state index contributed by atoms with van der Waals surface area (Å²) in [6.45, 7) is 1.79. The summed E-state index contributed by atoms with van der Waals surface area (Å²) < 4.78 is 11.0. The minimum absolute atomic E-state index is 0.0292. The largest absolute Gasteiger partial charge is 0.493 e. The van der Waals surface area contributed by atoms with E-state index in [0.717, 1.165) is 12.3 Å². The molecule has 0 spiro atoms. The zero-order valence-corrected chi connectivity index (χ0v) is 12.7. The molecule has 0 aromatic heterocycles. The molecular formula is C17H23NO3. The van der Waals surface area contributed by atoms with Crippen molar-refractivity contribution < 1.29 is 14.3 Å². The molecule has 2 bridgehead atoms. The Kier molecular flexibility index (Phi) is 4.04. The van der Waals surface area contributed by atoms with E-state index in [1.54, 1.807) is 14.0 Å². The van der Waals surface area contributed by atoms with Crippen LogP contribution >= 0.6 is 0 Å². The zero-order chi connectivity index (χ0) is 14.8. The summed E-state index contributed by atoms with van der Waals surface area (Å²) in [6.07, 6.45) is 4.51. The highest BCUT2D eigenvalue weighted by Crippen LogP contribution is 2.44. The fraction of sp³-hybridized carbons (Fsp3) is 0.588. The van der Waals surface area contributed by atoms with E-state index in [4.69, 9.17) is 9.47 Å². The number of fused-ring (bicyclic) bond motifs is 2. The van der Waals surface area contributed by atoms with Crippen LogP contribution in [0.15, 0.2) is 24.3 Å². The predicted octanol–water partition coefficient (Wildman–Crippen LogP) is 2.77. The predicted molar refractivity (Wildman–Crippen MR) is 80.5 cm³/mol. The van der Waals surface area contributed by atoms with Crippen molar-refractivity contribution in [2.75, 3.05) is 7.11 Å². The van der Waals surface area contributed by atoms with Gasteiger partial charge in [0, 0.05) is 6.04 Å². The fourth-order valence-corrected chi connectivity index (χ4v) is 3.68. The number of carbonyl (C=O) groups is 1. The average Bonchev–Trinajstić information content (AvgIpc) is 3.10. The van der Waals surface area contributed by atoms with Crippen LogP contribution in [0.25, 0.3) is 0 Å². The van der Waals surface area contributed by atoms with E-state index in [2.05, 4.69) is 5.32 Å². The zero-order valence-electron chi connectivity index (χ0n) is 12.7. The minimum atomic E-state index is -0.513. The van der Waals surface area contributed by atoms with Crippen LogP contribution in [-0.2, 0) is 4.79 Å². The Morgan fingerprint density at radius 2 is 2.00 bits per heavy atom. The van der Waals surface area contributed by atoms with Crippen LogP contribution in [0.3, 0.4) is 0 Å². The molecule has 0 heterocycles. The van der Waals surface area contributed by atoms with Gasteiger partial charge in [-0.05, 0) is 50.2 Å². The molecule has 3 rings (SSSR count). The highest BCUT2D eigenvalue weighted by molar-refractivity contribution is 5.81. The highest BCUT2D eigenvalue weighted by Gasteiger charge is 2.40. The first kappa shape index (κ1) is 14.2. The van der Waals surface area contributed by atoms with Crippen LogP contribution in [0, 0.1) is 11.8 Å². The van der Waals surface area contributed by atoms with Crippen molar-refractivity contribution in [2.45, 2.75) is 44.8 Å². The van der Waals surface area contributed by atoms with Crippen LogP contribution in [0.1, 0.15) is 32.6 Å². The van der Waals surface area contributed by atoms with Gasteiger partial charge in [0.2, 0.25) is 0 Å². The number of hydrogen-bond donors (Lipinski definition) is 1. The normalized spacial score (nSPS) is 28.2. The molecular weight excluding hydrogens is 266 g/mol. The molecule has 0 saturated heterocycles. The number of hydrogen-bond acceptors (Lipinski definition) is 3. The average molecular weight is 289 g/mol. The molecule has 114 valence electrons. The summed E-state index contributed by atoms with van der Waals surface area (Å²) in [7, 11) is 1.60. The SMILES string of the molecule is COc1ccccc1O[C@@H](C)C(=O)N[C@H]1C[C@H]2CC[C@H]1C2. The van der Waals surface area contributed by atoms with Crippen molar-refractivity contribution >= 4 is 5.91 Å². The molecule has 4 nitrogen and oxygen atoms in total. The fourth-order valence-electron chi connectivity index (χ4n) is 3.68. The molecule has 0 aliphatic heterocycles. The first-order valence-electron chi connectivity index (χ1n) is 7.77. The van der Waals surface area contributed by atoms with Crippen molar-refractivity contribution in [2.24, 2.45) is 11.8 Å². The highest BCUT2D eigenvalue weighted by atomic mass is 16.5. The van der Waals surface area contributed by atoms with E-state index in [-0.39, 0.29) is 5.91 Å². The number of nitrogens with one attached hydrogen (secondary N) is 1. The summed E-state index contributed by atoms with van der Waals surface area (Å²) in [5, 5.41) is 3.16. The van der Waals surface area contributed by atoms with Crippen molar-refractivity contribution in [3.8, 4) is 11.5 Å². The molecule has 2 fully saturated rings.